The molecule has 1 aromatic carbocycles. The average Bonchev–Trinajstić information content (AvgIpc) is 3.05. The Labute approximate surface area is 127 Å². The van der Waals surface area contributed by atoms with Gasteiger partial charge in [-0.2, -0.15) is 5.26 Å². The number of nitrogens with one attached hydrogen (secondary N) is 2. The highest BCUT2D eigenvalue weighted by molar-refractivity contribution is 7.09. The van der Waals surface area contributed by atoms with Crippen LogP contribution in [0.4, 0.5) is 4.79 Å². The standard InChI is InChI=1S/C15H16N4OS/c1-11(14-17-5-6-21-14)9-18-15(20)19-10-13-4-2-3-12(7-13)8-16/h2-7,11H,9-10H2,1H3,(H2,18,19,20). The van der Waals surface area contributed by atoms with Crippen LogP contribution in [-0.2, 0) is 6.54 Å². The summed E-state index contributed by atoms with van der Waals surface area (Å²) in [7, 11) is 0. The van der Waals surface area contributed by atoms with Crippen molar-refractivity contribution in [1.82, 2.24) is 15.6 Å². The van der Waals surface area contributed by atoms with Gasteiger partial charge >= 0.3 is 6.03 Å². The Balaban J connectivity index is 1.76. The fourth-order valence-corrected chi connectivity index (χ4v) is 2.51. The highest BCUT2D eigenvalue weighted by Crippen LogP contribution is 2.16. The molecule has 6 heteroatoms. The number of hydrogen-bond donors (Lipinski definition) is 2. The molecule has 0 bridgehead atoms. The number of nitrogens with zero attached hydrogens (tertiary/aromatic N) is 2. The lowest BCUT2D eigenvalue weighted by Gasteiger charge is -2.11. The lowest BCUT2D eigenvalue weighted by molar-refractivity contribution is 0.240. The van der Waals surface area contributed by atoms with E-state index < -0.39 is 0 Å². The summed E-state index contributed by atoms with van der Waals surface area (Å²) in [5, 5.41) is 17.4. The van der Waals surface area contributed by atoms with E-state index in [1.807, 2.05) is 18.4 Å². The number of rotatable bonds is 5. The highest BCUT2D eigenvalue weighted by atomic mass is 32.1. The summed E-state index contributed by atoms with van der Waals surface area (Å²) in [6.07, 6.45) is 1.76. The molecule has 0 saturated carbocycles. The molecule has 0 saturated heterocycles. The van der Waals surface area contributed by atoms with Gasteiger partial charge in [0, 0.05) is 30.6 Å². The van der Waals surface area contributed by atoms with E-state index in [0.29, 0.717) is 18.7 Å². The van der Waals surface area contributed by atoms with Crippen LogP contribution in [0, 0.1) is 11.3 Å². The molecule has 1 heterocycles. The van der Waals surface area contributed by atoms with Crippen molar-refractivity contribution in [3.63, 3.8) is 0 Å². The van der Waals surface area contributed by atoms with Crippen LogP contribution in [0.3, 0.4) is 0 Å². The molecule has 21 heavy (non-hydrogen) atoms. The van der Waals surface area contributed by atoms with Gasteiger partial charge in [-0.25, -0.2) is 9.78 Å². The number of amides is 2. The molecule has 0 spiro atoms. The minimum Gasteiger partial charge on any atom is -0.337 e. The lowest BCUT2D eigenvalue weighted by Crippen LogP contribution is -2.37. The minimum atomic E-state index is -0.222. The van der Waals surface area contributed by atoms with E-state index in [2.05, 4.69) is 21.7 Å². The fraction of sp³-hybridized carbons (Fsp3) is 0.267. The van der Waals surface area contributed by atoms with Crippen LogP contribution in [-0.4, -0.2) is 17.6 Å². The number of aromatic nitrogens is 1. The average molecular weight is 300 g/mol. The molecule has 2 aromatic rings. The van der Waals surface area contributed by atoms with Crippen LogP contribution >= 0.6 is 11.3 Å². The second-order valence-corrected chi connectivity index (χ2v) is 5.57. The van der Waals surface area contributed by atoms with Crippen LogP contribution < -0.4 is 10.6 Å². The molecular weight excluding hydrogens is 284 g/mol. The van der Waals surface area contributed by atoms with E-state index in [-0.39, 0.29) is 11.9 Å². The molecule has 1 unspecified atom stereocenters. The van der Waals surface area contributed by atoms with Crippen LogP contribution in [0.15, 0.2) is 35.8 Å². The summed E-state index contributed by atoms with van der Waals surface area (Å²) in [6.45, 7) is 2.96. The molecule has 5 nitrogen and oxygen atoms in total. The van der Waals surface area contributed by atoms with Crippen molar-refractivity contribution in [2.45, 2.75) is 19.4 Å². The Morgan fingerprint density at radius 1 is 1.48 bits per heavy atom. The zero-order valence-electron chi connectivity index (χ0n) is 11.7. The first-order chi connectivity index (χ1) is 10.2. The monoisotopic (exact) mass is 300 g/mol. The van der Waals surface area contributed by atoms with E-state index >= 15 is 0 Å². The molecule has 0 aliphatic rings. The maximum atomic E-state index is 11.7. The third-order valence-corrected chi connectivity index (χ3v) is 3.96. The zero-order chi connectivity index (χ0) is 15.1. The molecule has 1 aromatic heterocycles. The number of nitriles is 1. The van der Waals surface area contributed by atoms with Crippen LogP contribution in [0.25, 0.3) is 0 Å². The normalized spacial score (nSPS) is 11.4. The summed E-state index contributed by atoms with van der Waals surface area (Å²) in [5.41, 5.74) is 1.49. The number of carbonyl (C=O) groups excluding carboxylic acids is 1. The number of hydrogen-bond acceptors (Lipinski definition) is 4. The van der Waals surface area contributed by atoms with E-state index in [4.69, 9.17) is 5.26 Å². The molecule has 0 aliphatic carbocycles. The van der Waals surface area contributed by atoms with Crippen molar-refractivity contribution in [3.8, 4) is 6.07 Å². The van der Waals surface area contributed by atoms with Crippen molar-refractivity contribution in [3.05, 3.63) is 52.0 Å². The first-order valence-corrected chi connectivity index (χ1v) is 7.47. The first-order valence-electron chi connectivity index (χ1n) is 6.59. The van der Waals surface area contributed by atoms with Crippen molar-refractivity contribution < 1.29 is 4.79 Å². The number of carbonyl (C=O) groups is 1. The molecule has 1 atom stereocenters. The van der Waals surface area contributed by atoms with Gasteiger partial charge in [0.1, 0.15) is 0 Å². The van der Waals surface area contributed by atoms with Crippen LogP contribution in [0.1, 0.15) is 29.0 Å². The van der Waals surface area contributed by atoms with E-state index in [9.17, 15) is 4.79 Å². The third-order valence-electron chi connectivity index (χ3n) is 2.95. The molecule has 2 amide bonds. The van der Waals surface area contributed by atoms with Crippen molar-refractivity contribution in [2.75, 3.05) is 6.54 Å². The Hall–Kier alpha value is -2.39. The van der Waals surface area contributed by atoms with Gasteiger partial charge in [-0.1, -0.05) is 19.1 Å². The summed E-state index contributed by atoms with van der Waals surface area (Å²) >= 11 is 1.58. The van der Waals surface area contributed by atoms with E-state index in [0.717, 1.165) is 10.6 Å². The maximum absolute atomic E-state index is 11.7. The Bertz CT molecular complexity index is 633. The lowest BCUT2D eigenvalue weighted by atomic mass is 10.1. The van der Waals surface area contributed by atoms with Crippen molar-refractivity contribution in [2.24, 2.45) is 0 Å². The summed E-state index contributed by atoms with van der Waals surface area (Å²) in [6, 6.07) is 9.03. The summed E-state index contributed by atoms with van der Waals surface area (Å²) < 4.78 is 0. The van der Waals surface area contributed by atoms with E-state index in [1.54, 1.807) is 35.7 Å². The van der Waals surface area contributed by atoms with Gasteiger partial charge in [0.2, 0.25) is 0 Å². The van der Waals surface area contributed by atoms with Crippen LogP contribution in [0.5, 0.6) is 0 Å². The highest BCUT2D eigenvalue weighted by Gasteiger charge is 2.09. The largest absolute Gasteiger partial charge is 0.337 e. The first kappa shape index (κ1) is 15.0. The zero-order valence-corrected chi connectivity index (χ0v) is 12.5. The van der Waals surface area contributed by atoms with Gasteiger partial charge in [-0.05, 0) is 17.7 Å². The smallest absolute Gasteiger partial charge is 0.315 e. The topological polar surface area (TPSA) is 77.8 Å². The number of benzene rings is 1. The van der Waals surface area contributed by atoms with Crippen LogP contribution in [0.2, 0.25) is 0 Å². The van der Waals surface area contributed by atoms with E-state index in [1.165, 1.54) is 0 Å². The number of urea groups is 1. The van der Waals surface area contributed by atoms with Gasteiger partial charge in [0.05, 0.1) is 16.6 Å². The Morgan fingerprint density at radius 2 is 2.33 bits per heavy atom. The summed E-state index contributed by atoms with van der Waals surface area (Å²) in [5.74, 6) is 0.192. The summed E-state index contributed by atoms with van der Waals surface area (Å²) in [4.78, 5) is 16.0. The predicted molar refractivity (Wildman–Crippen MR) is 81.9 cm³/mol. The van der Waals surface area contributed by atoms with Gasteiger partial charge in [-0.3, -0.25) is 0 Å². The fourth-order valence-electron chi connectivity index (χ4n) is 1.81. The van der Waals surface area contributed by atoms with Crippen molar-refractivity contribution >= 4 is 17.4 Å². The number of thiazole rings is 1. The maximum Gasteiger partial charge on any atom is 0.315 e. The third kappa shape index (κ3) is 4.58. The molecular formula is C15H16N4OS. The molecule has 2 N–H and O–H groups in total. The molecule has 0 aliphatic heterocycles. The molecule has 108 valence electrons. The van der Waals surface area contributed by atoms with Gasteiger partial charge < -0.3 is 10.6 Å². The van der Waals surface area contributed by atoms with Gasteiger partial charge in [0.25, 0.3) is 0 Å². The quantitative estimate of drug-likeness (QED) is 0.891. The minimum absolute atomic E-state index is 0.192. The SMILES string of the molecule is CC(CNC(=O)NCc1cccc(C#N)c1)c1nccs1. The van der Waals surface area contributed by atoms with Gasteiger partial charge in [-0.15, -0.1) is 11.3 Å². The van der Waals surface area contributed by atoms with Gasteiger partial charge in [0.15, 0.2) is 0 Å². The Kier molecular flexibility index (Phi) is 5.29. The predicted octanol–water partition coefficient (Wildman–Crippen LogP) is 2.62. The second-order valence-electron chi connectivity index (χ2n) is 4.65. The second kappa shape index (κ2) is 7.41. The molecule has 2 rings (SSSR count). The van der Waals surface area contributed by atoms with Crippen molar-refractivity contribution in [1.29, 1.82) is 5.26 Å². The molecule has 0 radical (unpaired) electrons. The molecule has 0 fully saturated rings. The Morgan fingerprint density at radius 3 is 3.05 bits per heavy atom.